The number of carbonyl (C=O) groups is 1. The van der Waals surface area contributed by atoms with Crippen LogP contribution in [0, 0.1) is 0 Å². The van der Waals surface area contributed by atoms with Crippen LogP contribution in [-0.4, -0.2) is 18.5 Å². The van der Waals surface area contributed by atoms with E-state index in [-0.39, 0.29) is 5.97 Å². The van der Waals surface area contributed by atoms with Crippen LogP contribution in [-0.2, 0) is 9.53 Å². The fourth-order valence-corrected chi connectivity index (χ4v) is 1.88. The Kier molecular flexibility index (Phi) is 13.6. The first-order chi connectivity index (χ1) is 8.31. The molecule has 0 radical (unpaired) electrons. The minimum atomic E-state index is -0.103. The lowest BCUT2D eigenvalue weighted by Crippen LogP contribution is -2.06. The quantitative estimate of drug-likeness (QED) is 0.290. The molecule has 0 unspecified atom stereocenters. The van der Waals surface area contributed by atoms with Crippen LogP contribution < -0.4 is 0 Å². The van der Waals surface area contributed by atoms with Gasteiger partial charge in [0.15, 0.2) is 0 Å². The Morgan fingerprint density at radius 2 is 1.47 bits per heavy atom. The maximum absolute atomic E-state index is 11.1. The SMILES string of the molecule is CCCCCCCCCCCC(=O)OCCCl. The Balaban J connectivity index is 3.05. The second-order valence-electron chi connectivity index (χ2n) is 4.49. The van der Waals surface area contributed by atoms with Gasteiger partial charge in [-0.15, -0.1) is 11.6 Å². The number of esters is 1. The van der Waals surface area contributed by atoms with E-state index in [1.165, 1.54) is 44.9 Å². The van der Waals surface area contributed by atoms with Gasteiger partial charge in [0.05, 0.1) is 5.88 Å². The van der Waals surface area contributed by atoms with Crippen molar-refractivity contribution in [2.45, 2.75) is 71.1 Å². The topological polar surface area (TPSA) is 26.3 Å². The molecule has 0 aromatic carbocycles. The van der Waals surface area contributed by atoms with Crippen molar-refractivity contribution in [3.63, 3.8) is 0 Å². The highest BCUT2D eigenvalue weighted by Gasteiger charge is 2.01. The lowest BCUT2D eigenvalue weighted by Gasteiger charge is -2.03. The van der Waals surface area contributed by atoms with E-state index in [0.29, 0.717) is 18.9 Å². The lowest BCUT2D eigenvalue weighted by atomic mass is 10.1. The van der Waals surface area contributed by atoms with Crippen LogP contribution in [0.3, 0.4) is 0 Å². The van der Waals surface area contributed by atoms with Gasteiger partial charge in [-0.05, 0) is 6.42 Å². The molecule has 3 heteroatoms. The van der Waals surface area contributed by atoms with Gasteiger partial charge in [0.1, 0.15) is 6.61 Å². The summed E-state index contributed by atoms with van der Waals surface area (Å²) in [5, 5.41) is 0. The maximum Gasteiger partial charge on any atom is 0.305 e. The van der Waals surface area contributed by atoms with Crippen LogP contribution in [0.15, 0.2) is 0 Å². The number of alkyl halides is 1. The Morgan fingerprint density at radius 1 is 0.941 bits per heavy atom. The van der Waals surface area contributed by atoms with Crippen molar-refractivity contribution < 1.29 is 9.53 Å². The second-order valence-corrected chi connectivity index (χ2v) is 4.87. The number of unbranched alkanes of at least 4 members (excludes halogenated alkanes) is 8. The number of rotatable bonds is 12. The molecule has 0 fully saturated rings. The third kappa shape index (κ3) is 13.7. The molecule has 0 saturated heterocycles. The summed E-state index contributed by atoms with van der Waals surface area (Å²) in [6, 6.07) is 0. The van der Waals surface area contributed by atoms with Crippen molar-refractivity contribution in [1.82, 2.24) is 0 Å². The maximum atomic E-state index is 11.1. The first-order valence-electron chi connectivity index (χ1n) is 7.02. The molecule has 0 aromatic heterocycles. The summed E-state index contributed by atoms with van der Waals surface area (Å²) in [6.07, 6.45) is 12.0. The van der Waals surface area contributed by atoms with Crippen molar-refractivity contribution in [2.75, 3.05) is 12.5 Å². The number of hydrogen-bond acceptors (Lipinski definition) is 2. The molecule has 0 N–H and O–H groups in total. The molecule has 17 heavy (non-hydrogen) atoms. The van der Waals surface area contributed by atoms with Crippen LogP contribution in [0.25, 0.3) is 0 Å². The lowest BCUT2D eigenvalue weighted by molar-refractivity contribution is -0.143. The molecule has 0 rings (SSSR count). The van der Waals surface area contributed by atoms with E-state index in [1.807, 2.05) is 0 Å². The van der Waals surface area contributed by atoms with E-state index in [1.54, 1.807) is 0 Å². The highest BCUT2D eigenvalue weighted by atomic mass is 35.5. The van der Waals surface area contributed by atoms with Crippen LogP contribution >= 0.6 is 11.6 Å². The largest absolute Gasteiger partial charge is 0.464 e. The van der Waals surface area contributed by atoms with Gasteiger partial charge < -0.3 is 4.74 Å². The van der Waals surface area contributed by atoms with Gasteiger partial charge in [0.2, 0.25) is 0 Å². The number of halogens is 1. The predicted octanol–water partition coefficient (Wildman–Crippen LogP) is 4.69. The minimum absolute atomic E-state index is 0.103. The molecule has 0 spiro atoms. The molecule has 0 aromatic rings. The molecule has 102 valence electrons. The highest BCUT2D eigenvalue weighted by Crippen LogP contribution is 2.10. The van der Waals surface area contributed by atoms with Crippen molar-refractivity contribution in [2.24, 2.45) is 0 Å². The average Bonchev–Trinajstić information content (AvgIpc) is 2.34. The second kappa shape index (κ2) is 13.8. The van der Waals surface area contributed by atoms with Crippen molar-refractivity contribution in [3.05, 3.63) is 0 Å². The molecular weight excluding hydrogens is 236 g/mol. The van der Waals surface area contributed by atoms with Gasteiger partial charge in [-0.25, -0.2) is 0 Å². The van der Waals surface area contributed by atoms with Gasteiger partial charge in [-0.1, -0.05) is 58.3 Å². The molecule has 0 aliphatic heterocycles. The predicted molar refractivity (Wildman–Crippen MR) is 73.5 cm³/mol. The zero-order valence-corrected chi connectivity index (χ0v) is 11.9. The summed E-state index contributed by atoms with van der Waals surface area (Å²) in [6.45, 7) is 2.58. The first kappa shape index (κ1) is 16.8. The zero-order valence-electron chi connectivity index (χ0n) is 11.2. The minimum Gasteiger partial charge on any atom is -0.464 e. The Labute approximate surface area is 111 Å². The van der Waals surface area contributed by atoms with E-state index < -0.39 is 0 Å². The molecule has 0 atom stereocenters. The van der Waals surface area contributed by atoms with E-state index in [4.69, 9.17) is 16.3 Å². The smallest absolute Gasteiger partial charge is 0.305 e. The molecule has 0 aliphatic carbocycles. The number of carbonyl (C=O) groups excluding carboxylic acids is 1. The van der Waals surface area contributed by atoms with Crippen LogP contribution in [0.2, 0.25) is 0 Å². The van der Waals surface area contributed by atoms with Gasteiger partial charge in [0, 0.05) is 6.42 Å². The van der Waals surface area contributed by atoms with E-state index >= 15 is 0 Å². The van der Waals surface area contributed by atoms with Crippen LogP contribution in [0.4, 0.5) is 0 Å². The fourth-order valence-electron chi connectivity index (χ4n) is 1.80. The Morgan fingerprint density at radius 3 is 2.00 bits per heavy atom. The molecular formula is C14H27ClO2. The van der Waals surface area contributed by atoms with Crippen molar-refractivity contribution >= 4 is 17.6 Å². The monoisotopic (exact) mass is 262 g/mol. The zero-order chi connectivity index (χ0) is 12.8. The van der Waals surface area contributed by atoms with Gasteiger partial charge in [-0.3, -0.25) is 4.79 Å². The number of ether oxygens (including phenoxy) is 1. The number of hydrogen-bond donors (Lipinski definition) is 0. The molecule has 0 amide bonds. The molecule has 0 aliphatic rings. The fraction of sp³-hybridized carbons (Fsp3) is 0.929. The van der Waals surface area contributed by atoms with E-state index in [2.05, 4.69) is 6.92 Å². The third-order valence-electron chi connectivity index (χ3n) is 2.82. The standard InChI is InChI=1S/C14H27ClO2/c1-2-3-4-5-6-7-8-9-10-11-14(16)17-13-12-15/h2-13H2,1H3. The van der Waals surface area contributed by atoms with Crippen LogP contribution in [0.1, 0.15) is 71.1 Å². The first-order valence-corrected chi connectivity index (χ1v) is 7.56. The third-order valence-corrected chi connectivity index (χ3v) is 2.98. The molecule has 2 nitrogen and oxygen atoms in total. The normalized spacial score (nSPS) is 10.5. The van der Waals surface area contributed by atoms with Gasteiger partial charge in [-0.2, -0.15) is 0 Å². The summed E-state index contributed by atoms with van der Waals surface area (Å²) in [4.78, 5) is 11.1. The van der Waals surface area contributed by atoms with Gasteiger partial charge >= 0.3 is 5.97 Å². The molecule has 0 heterocycles. The summed E-state index contributed by atoms with van der Waals surface area (Å²) < 4.78 is 4.89. The highest BCUT2D eigenvalue weighted by molar-refractivity contribution is 6.18. The Hall–Kier alpha value is -0.240. The van der Waals surface area contributed by atoms with Crippen molar-refractivity contribution in [3.8, 4) is 0 Å². The summed E-state index contributed by atoms with van der Waals surface area (Å²) in [7, 11) is 0. The molecule has 0 saturated carbocycles. The van der Waals surface area contributed by atoms with Crippen molar-refractivity contribution in [1.29, 1.82) is 0 Å². The average molecular weight is 263 g/mol. The summed E-state index contributed by atoms with van der Waals surface area (Å²) >= 11 is 5.42. The Bertz CT molecular complexity index is 172. The van der Waals surface area contributed by atoms with Gasteiger partial charge in [0.25, 0.3) is 0 Å². The van der Waals surface area contributed by atoms with E-state index in [9.17, 15) is 4.79 Å². The van der Waals surface area contributed by atoms with E-state index in [0.717, 1.165) is 12.8 Å². The molecule has 0 bridgehead atoms. The summed E-state index contributed by atoms with van der Waals surface area (Å²) in [5.74, 6) is 0.289. The summed E-state index contributed by atoms with van der Waals surface area (Å²) in [5.41, 5.74) is 0. The van der Waals surface area contributed by atoms with Crippen LogP contribution in [0.5, 0.6) is 0 Å².